The molecule has 1 aromatic rings. The van der Waals surface area contributed by atoms with Gasteiger partial charge in [0.1, 0.15) is 0 Å². The van der Waals surface area contributed by atoms with Crippen LogP contribution in [-0.2, 0) is 11.6 Å². The molecule has 1 aromatic heterocycles. The lowest BCUT2D eigenvalue weighted by molar-refractivity contribution is -0.159. The third kappa shape index (κ3) is 1.55. The maximum absolute atomic E-state index is 12.3. The van der Waals surface area contributed by atoms with Crippen LogP contribution in [0.2, 0.25) is 0 Å². The van der Waals surface area contributed by atoms with Crippen molar-refractivity contribution in [2.45, 2.75) is 24.9 Å². The average Bonchev–Trinajstić information content (AvgIpc) is 2.56. The zero-order valence-corrected chi connectivity index (χ0v) is 9.78. The van der Waals surface area contributed by atoms with E-state index in [4.69, 9.17) is 0 Å². The Bertz CT molecular complexity index is 445. The smallest absolute Gasteiger partial charge is 0.329 e. The number of rotatable bonds is 1. The highest BCUT2D eigenvalue weighted by atomic mass is 35.5. The number of aromatic nitrogens is 2. The molecule has 1 aliphatic heterocycles. The molecule has 2 unspecified atom stereocenters. The van der Waals surface area contributed by atoms with E-state index in [0.29, 0.717) is 6.54 Å². The van der Waals surface area contributed by atoms with Gasteiger partial charge in [-0.3, -0.25) is 0 Å². The molecule has 1 N–H and O–H groups in total. The Kier molecular flexibility index (Phi) is 2.49. The van der Waals surface area contributed by atoms with Crippen LogP contribution in [0.3, 0.4) is 0 Å². The number of fused-ring (bicyclic) bond motifs is 1. The second kappa shape index (κ2) is 3.35. The van der Waals surface area contributed by atoms with E-state index in [1.165, 1.54) is 0 Å². The SMILES string of the molecule is CC12CNCC1(c1noc(C(F)(F)F)n1)C2.Cl. The Morgan fingerprint density at radius 3 is 2.47 bits per heavy atom. The van der Waals surface area contributed by atoms with E-state index >= 15 is 0 Å². The fourth-order valence-electron chi connectivity index (χ4n) is 2.64. The van der Waals surface area contributed by atoms with E-state index in [-0.39, 0.29) is 29.1 Å². The minimum atomic E-state index is -4.56. The molecule has 1 saturated heterocycles. The molecule has 1 saturated carbocycles. The summed E-state index contributed by atoms with van der Waals surface area (Å²) in [5, 5.41) is 6.62. The number of piperidine rings is 1. The van der Waals surface area contributed by atoms with Crippen molar-refractivity contribution in [1.29, 1.82) is 0 Å². The fraction of sp³-hybridized carbons (Fsp3) is 0.778. The van der Waals surface area contributed by atoms with Crippen LogP contribution in [0.1, 0.15) is 25.1 Å². The average molecular weight is 270 g/mol. The topological polar surface area (TPSA) is 51.0 Å². The lowest BCUT2D eigenvalue weighted by Gasteiger charge is -2.07. The van der Waals surface area contributed by atoms with Gasteiger partial charge in [0.05, 0.1) is 5.41 Å². The number of nitrogens with one attached hydrogen (secondary N) is 1. The van der Waals surface area contributed by atoms with Crippen molar-refractivity contribution < 1.29 is 17.7 Å². The molecule has 17 heavy (non-hydrogen) atoms. The lowest BCUT2D eigenvalue weighted by atomic mass is 9.98. The van der Waals surface area contributed by atoms with Crippen LogP contribution < -0.4 is 5.32 Å². The molecule has 2 atom stereocenters. The van der Waals surface area contributed by atoms with Crippen molar-refractivity contribution in [2.75, 3.05) is 13.1 Å². The Balaban J connectivity index is 0.00000108. The molecule has 2 heterocycles. The van der Waals surface area contributed by atoms with Gasteiger partial charge in [0, 0.05) is 13.1 Å². The van der Waals surface area contributed by atoms with E-state index < -0.39 is 12.1 Å². The van der Waals surface area contributed by atoms with Crippen molar-refractivity contribution in [3.05, 3.63) is 11.7 Å². The second-order valence-corrected chi connectivity index (χ2v) is 4.84. The van der Waals surface area contributed by atoms with Gasteiger partial charge in [-0.1, -0.05) is 12.1 Å². The first-order valence-electron chi connectivity index (χ1n) is 5.00. The van der Waals surface area contributed by atoms with Crippen LogP contribution in [0, 0.1) is 5.41 Å². The van der Waals surface area contributed by atoms with Gasteiger partial charge < -0.3 is 9.84 Å². The van der Waals surface area contributed by atoms with Crippen LogP contribution in [-0.4, -0.2) is 23.2 Å². The van der Waals surface area contributed by atoms with Crippen molar-refractivity contribution >= 4 is 12.4 Å². The highest BCUT2D eigenvalue weighted by molar-refractivity contribution is 5.85. The molecule has 8 heteroatoms. The summed E-state index contributed by atoms with van der Waals surface area (Å²) in [7, 11) is 0. The summed E-state index contributed by atoms with van der Waals surface area (Å²) in [6.07, 6.45) is -3.73. The minimum Gasteiger partial charge on any atom is -0.329 e. The monoisotopic (exact) mass is 269 g/mol. The van der Waals surface area contributed by atoms with Crippen LogP contribution in [0.25, 0.3) is 0 Å². The Labute approximate surface area is 101 Å². The molecule has 0 aromatic carbocycles. The molecule has 0 bridgehead atoms. The predicted molar refractivity (Wildman–Crippen MR) is 53.8 cm³/mol. The molecule has 2 aliphatic rings. The lowest BCUT2D eigenvalue weighted by Crippen LogP contribution is -2.20. The standard InChI is InChI=1S/C9H10F3N3O.ClH/c1-7-2-8(7,4-13-3-7)5-14-6(16-15-5)9(10,11)12;/h13H,2-4H2,1H3;1H. The molecule has 1 aliphatic carbocycles. The summed E-state index contributed by atoms with van der Waals surface area (Å²) in [6.45, 7) is 3.44. The van der Waals surface area contributed by atoms with E-state index in [2.05, 4.69) is 20.0 Å². The van der Waals surface area contributed by atoms with E-state index in [0.717, 1.165) is 13.0 Å². The van der Waals surface area contributed by atoms with Crippen LogP contribution in [0.4, 0.5) is 13.2 Å². The van der Waals surface area contributed by atoms with Crippen molar-refractivity contribution in [3.63, 3.8) is 0 Å². The number of hydrogen-bond donors (Lipinski definition) is 1. The fourth-order valence-corrected chi connectivity index (χ4v) is 2.64. The number of halogens is 4. The molecule has 96 valence electrons. The number of nitrogens with zero attached hydrogens (tertiary/aromatic N) is 2. The van der Waals surface area contributed by atoms with Gasteiger partial charge in [-0.05, 0) is 11.8 Å². The summed E-state index contributed by atoms with van der Waals surface area (Å²) in [4.78, 5) is 3.48. The van der Waals surface area contributed by atoms with E-state index in [9.17, 15) is 13.2 Å². The quantitative estimate of drug-likeness (QED) is 0.844. The van der Waals surface area contributed by atoms with Crippen molar-refractivity contribution in [2.24, 2.45) is 5.41 Å². The van der Waals surface area contributed by atoms with Gasteiger partial charge in [-0.15, -0.1) is 12.4 Å². The highest BCUT2D eigenvalue weighted by Crippen LogP contribution is 2.65. The van der Waals surface area contributed by atoms with Gasteiger partial charge in [0.2, 0.25) is 0 Å². The van der Waals surface area contributed by atoms with Crippen molar-refractivity contribution in [1.82, 2.24) is 15.5 Å². The zero-order valence-electron chi connectivity index (χ0n) is 8.97. The summed E-state index contributed by atoms with van der Waals surface area (Å²) < 4.78 is 41.2. The van der Waals surface area contributed by atoms with E-state index in [1.807, 2.05) is 6.92 Å². The summed E-state index contributed by atoms with van der Waals surface area (Å²) in [5.41, 5.74) is -0.361. The zero-order chi connectivity index (χ0) is 11.6. The minimum absolute atomic E-state index is 0. The second-order valence-electron chi connectivity index (χ2n) is 4.84. The largest absolute Gasteiger partial charge is 0.471 e. The summed E-state index contributed by atoms with van der Waals surface area (Å²) in [5.74, 6) is -1.06. The Morgan fingerprint density at radius 1 is 1.35 bits per heavy atom. The predicted octanol–water partition coefficient (Wildman–Crippen LogP) is 1.76. The Hall–Kier alpha value is -0.820. The number of alkyl halides is 3. The number of hydrogen-bond acceptors (Lipinski definition) is 4. The molecular formula is C9H11ClF3N3O. The van der Waals surface area contributed by atoms with Gasteiger partial charge in [-0.25, -0.2) is 0 Å². The van der Waals surface area contributed by atoms with Gasteiger partial charge in [-0.2, -0.15) is 18.2 Å². The molecule has 3 rings (SSSR count). The molecule has 0 amide bonds. The van der Waals surface area contributed by atoms with Crippen LogP contribution in [0.15, 0.2) is 4.52 Å². The summed E-state index contributed by atoms with van der Waals surface area (Å²) >= 11 is 0. The molecule has 0 spiro atoms. The van der Waals surface area contributed by atoms with Gasteiger partial charge in [0.15, 0.2) is 5.82 Å². The normalized spacial score (nSPS) is 35.3. The maximum atomic E-state index is 12.3. The molecule has 2 fully saturated rings. The van der Waals surface area contributed by atoms with E-state index in [1.54, 1.807) is 0 Å². The Morgan fingerprint density at radius 2 is 2.06 bits per heavy atom. The molecule has 0 radical (unpaired) electrons. The maximum Gasteiger partial charge on any atom is 0.471 e. The first-order valence-corrected chi connectivity index (χ1v) is 5.00. The third-order valence-electron chi connectivity index (χ3n) is 3.76. The van der Waals surface area contributed by atoms with Gasteiger partial charge in [0.25, 0.3) is 0 Å². The molecular weight excluding hydrogens is 259 g/mol. The first kappa shape index (κ1) is 12.6. The third-order valence-corrected chi connectivity index (χ3v) is 3.76. The first-order chi connectivity index (χ1) is 7.37. The van der Waals surface area contributed by atoms with Crippen molar-refractivity contribution in [3.8, 4) is 0 Å². The van der Waals surface area contributed by atoms with Crippen LogP contribution in [0.5, 0.6) is 0 Å². The molecule has 4 nitrogen and oxygen atoms in total. The highest BCUT2D eigenvalue weighted by Gasteiger charge is 2.70. The van der Waals surface area contributed by atoms with Gasteiger partial charge >= 0.3 is 12.1 Å². The summed E-state index contributed by atoms with van der Waals surface area (Å²) in [6, 6.07) is 0. The van der Waals surface area contributed by atoms with Crippen LogP contribution >= 0.6 is 12.4 Å².